The van der Waals surface area contributed by atoms with Gasteiger partial charge in [0.25, 0.3) is 0 Å². The molecule has 0 bridgehead atoms. The number of nitrogens with two attached hydrogens (primary N) is 1. The maximum absolute atomic E-state index is 11.7. The van der Waals surface area contributed by atoms with Crippen molar-refractivity contribution in [1.29, 1.82) is 0 Å². The third-order valence-corrected chi connectivity index (χ3v) is 3.72. The Morgan fingerprint density at radius 1 is 1.40 bits per heavy atom. The second-order valence-corrected chi connectivity index (χ2v) is 5.13. The summed E-state index contributed by atoms with van der Waals surface area (Å²) in [6, 6.07) is 7.40. The number of primary amides is 1. The first kappa shape index (κ1) is 14.5. The van der Waals surface area contributed by atoms with Crippen molar-refractivity contribution in [2.24, 2.45) is 11.7 Å². The molecular weight excluding hydrogens is 256 g/mol. The zero-order chi connectivity index (χ0) is 14.5. The van der Waals surface area contributed by atoms with Gasteiger partial charge in [-0.2, -0.15) is 0 Å². The monoisotopic (exact) mass is 276 g/mol. The number of esters is 1. The molecule has 1 heterocycles. The minimum Gasteiger partial charge on any atom is -0.465 e. The van der Waals surface area contributed by atoms with Crippen LogP contribution in [-0.2, 0) is 16.1 Å². The summed E-state index contributed by atoms with van der Waals surface area (Å²) < 4.78 is 4.79. The first-order valence-electron chi connectivity index (χ1n) is 6.79. The van der Waals surface area contributed by atoms with Crippen LogP contribution in [0.15, 0.2) is 24.3 Å². The highest BCUT2D eigenvalue weighted by atomic mass is 16.5. The smallest absolute Gasteiger partial charge is 0.338 e. The number of hydrogen-bond donors (Lipinski definition) is 1. The standard InChI is InChI=1S/C15H20N2O3/c1-20-15(19)13-7-3-2-5-11(13)9-17-8-4-6-12(10-17)14(16)18/h2-3,5,7,12H,4,6,8-10H2,1H3,(H2,16,18). The second-order valence-electron chi connectivity index (χ2n) is 5.13. The normalized spacial score (nSPS) is 19.6. The van der Waals surface area contributed by atoms with E-state index in [9.17, 15) is 9.59 Å². The number of hydrogen-bond acceptors (Lipinski definition) is 4. The number of likely N-dealkylation sites (tertiary alicyclic amines) is 1. The summed E-state index contributed by atoms with van der Waals surface area (Å²) in [6.45, 7) is 2.21. The van der Waals surface area contributed by atoms with E-state index in [0.717, 1.165) is 24.9 Å². The molecule has 5 heteroatoms. The molecule has 1 aliphatic rings. The molecule has 0 saturated carbocycles. The maximum atomic E-state index is 11.7. The van der Waals surface area contributed by atoms with Crippen molar-refractivity contribution in [2.45, 2.75) is 19.4 Å². The lowest BCUT2D eigenvalue weighted by Gasteiger charge is -2.31. The topological polar surface area (TPSA) is 72.6 Å². The predicted molar refractivity (Wildman–Crippen MR) is 75.0 cm³/mol. The van der Waals surface area contributed by atoms with Gasteiger partial charge in [-0.15, -0.1) is 0 Å². The number of carbonyl (C=O) groups is 2. The summed E-state index contributed by atoms with van der Waals surface area (Å²) in [4.78, 5) is 25.2. The van der Waals surface area contributed by atoms with Gasteiger partial charge < -0.3 is 10.5 Å². The molecule has 1 amide bonds. The summed E-state index contributed by atoms with van der Waals surface area (Å²) in [5, 5.41) is 0. The van der Waals surface area contributed by atoms with Gasteiger partial charge in [0.15, 0.2) is 0 Å². The second kappa shape index (κ2) is 6.52. The van der Waals surface area contributed by atoms with Crippen LogP contribution in [0, 0.1) is 5.92 Å². The van der Waals surface area contributed by atoms with E-state index in [1.807, 2.05) is 18.2 Å². The third kappa shape index (κ3) is 3.36. The minimum atomic E-state index is -0.330. The highest BCUT2D eigenvalue weighted by molar-refractivity contribution is 5.90. The fraction of sp³-hybridized carbons (Fsp3) is 0.467. The van der Waals surface area contributed by atoms with Crippen LogP contribution in [0.25, 0.3) is 0 Å². The predicted octanol–water partition coefficient (Wildman–Crippen LogP) is 1.17. The van der Waals surface area contributed by atoms with Gasteiger partial charge in [0.2, 0.25) is 5.91 Å². The molecule has 2 rings (SSSR count). The quantitative estimate of drug-likeness (QED) is 0.838. The molecule has 108 valence electrons. The Morgan fingerprint density at radius 3 is 2.85 bits per heavy atom. The van der Waals surface area contributed by atoms with Crippen LogP contribution in [0.4, 0.5) is 0 Å². The lowest BCUT2D eigenvalue weighted by Crippen LogP contribution is -2.40. The molecule has 0 aromatic heterocycles. The van der Waals surface area contributed by atoms with Gasteiger partial charge in [-0.25, -0.2) is 4.79 Å². The van der Waals surface area contributed by atoms with Crippen molar-refractivity contribution in [2.75, 3.05) is 20.2 Å². The third-order valence-electron chi connectivity index (χ3n) is 3.72. The summed E-state index contributed by atoms with van der Waals surface area (Å²) in [6.07, 6.45) is 1.80. The van der Waals surface area contributed by atoms with Crippen molar-refractivity contribution in [3.63, 3.8) is 0 Å². The molecule has 0 aliphatic carbocycles. The van der Waals surface area contributed by atoms with Crippen LogP contribution in [0.5, 0.6) is 0 Å². The number of rotatable bonds is 4. The maximum Gasteiger partial charge on any atom is 0.338 e. The highest BCUT2D eigenvalue weighted by Gasteiger charge is 2.24. The lowest BCUT2D eigenvalue weighted by atomic mass is 9.96. The van der Waals surface area contributed by atoms with Gasteiger partial charge in [-0.3, -0.25) is 9.69 Å². The Morgan fingerprint density at radius 2 is 2.15 bits per heavy atom. The average molecular weight is 276 g/mol. The molecular formula is C15H20N2O3. The first-order chi connectivity index (χ1) is 9.61. The van der Waals surface area contributed by atoms with E-state index in [4.69, 9.17) is 10.5 Å². The number of ether oxygens (including phenoxy) is 1. The van der Waals surface area contributed by atoms with Crippen molar-refractivity contribution in [1.82, 2.24) is 4.90 Å². The number of amides is 1. The Balaban J connectivity index is 2.10. The number of benzene rings is 1. The summed E-state index contributed by atoms with van der Waals surface area (Å²) in [5.74, 6) is -0.658. The zero-order valence-electron chi connectivity index (χ0n) is 11.7. The summed E-state index contributed by atoms with van der Waals surface area (Å²) in [5.41, 5.74) is 6.88. The fourth-order valence-corrected chi connectivity index (χ4v) is 2.64. The van der Waals surface area contributed by atoms with Crippen LogP contribution in [0.1, 0.15) is 28.8 Å². The summed E-state index contributed by atoms with van der Waals surface area (Å²) in [7, 11) is 1.38. The van der Waals surface area contributed by atoms with E-state index in [-0.39, 0.29) is 17.8 Å². The SMILES string of the molecule is COC(=O)c1ccccc1CN1CCCC(C(N)=O)C1. The first-order valence-corrected chi connectivity index (χ1v) is 6.79. The summed E-state index contributed by atoms with van der Waals surface area (Å²) >= 11 is 0. The fourth-order valence-electron chi connectivity index (χ4n) is 2.64. The van der Waals surface area contributed by atoms with Crippen molar-refractivity contribution in [3.8, 4) is 0 Å². The highest BCUT2D eigenvalue weighted by Crippen LogP contribution is 2.20. The van der Waals surface area contributed by atoms with Crippen LogP contribution >= 0.6 is 0 Å². The van der Waals surface area contributed by atoms with E-state index in [1.165, 1.54) is 7.11 Å². The van der Waals surface area contributed by atoms with Crippen LogP contribution in [-0.4, -0.2) is 37.0 Å². The van der Waals surface area contributed by atoms with E-state index < -0.39 is 0 Å². The average Bonchev–Trinajstić information content (AvgIpc) is 2.47. The molecule has 20 heavy (non-hydrogen) atoms. The Bertz CT molecular complexity index is 502. The van der Waals surface area contributed by atoms with E-state index in [0.29, 0.717) is 18.7 Å². The molecule has 1 atom stereocenters. The van der Waals surface area contributed by atoms with Crippen molar-refractivity contribution < 1.29 is 14.3 Å². The molecule has 1 saturated heterocycles. The molecule has 1 aromatic carbocycles. The van der Waals surface area contributed by atoms with Gasteiger partial charge in [-0.1, -0.05) is 18.2 Å². The molecule has 0 spiro atoms. The molecule has 1 fully saturated rings. The van der Waals surface area contributed by atoms with Crippen LogP contribution in [0.3, 0.4) is 0 Å². The lowest BCUT2D eigenvalue weighted by molar-refractivity contribution is -0.123. The molecule has 1 aliphatic heterocycles. The molecule has 5 nitrogen and oxygen atoms in total. The van der Waals surface area contributed by atoms with E-state index >= 15 is 0 Å². The number of methoxy groups -OCH3 is 1. The minimum absolute atomic E-state index is 0.0889. The molecule has 1 aromatic rings. The van der Waals surface area contributed by atoms with Crippen LogP contribution < -0.4 is 5.73 Å². The van der Waals surface area contributed by atoms with Crippen molar-refractivity contribution in [3.05, 3.63) is 35.4 Å². The van der Waals surface area contributed by atoms with E-state index in [2.05, 4.69) is 4.90 Å². The van der Waals surface area contributed by atoms with Crippen LogP contribution in [0.2, 0.25) is 0 Å². The largest absolute Gasteiger partial charge is 0.465 e. The number of piperidine rings is 1. The van der Waals surface area contributed by atoms with Crippen molar-refractivity contribution >= 4 is 11.9 Å². The van der Waals surface area contributed by atoms with Gasteiger partial charge in [0, 0.05) is 13.1 Å². The van der Waals surface area contributed by atoms with E-state index in [1.54, 1.807) is 6.07 Å². The zero-order valence-corrected chi connectivity index (χ0v) is 11.7. The van der Waals surface area contributed by atoms with Gasteiger partial charge in [-0.05, 0) is 31.0 Å². The molecule has 0 radical (unpaired) electrons. The Kier molecular flexibility index (Phi) is 4.74. The number of nitrogens with zero attached hydrogens (tertiary/aromatic N) is 1. The van der Waals surface area contributed by atoms with Gasteiger partial charge >= 0.3 is 5.97 Å². The number of carbonyl (C=O) groups excluding carboxylic acids is 2. The Hall–Kier alpha value is -1.88. The molecule has 2 N–H and O–H groups in total. The van der Waals surface area contributed by atoms with Gasteiger partial charge in [0.05, 0.1) is 18.6 Å². The Labute approximate surface area is 118 Å². The molecule has 1 unspecified atom stereocenters. The van der Waals surface area contributed by atoms with Gasteiger partial charge in [0.1, 0.15) is 0 Å².